The average Bonchev–Trinajstić information content (AvgIpc) is 2.60. The highest BCUT2D eigenvalue weighted by Crippen LogP contribution is 2.31. The van der Waals surface area contributed by atoms with Crippen molar-refractivity contribution < 1.29 is 19.2 Å². The molecule has 154 valence electrons. The second-order valence-corrected chi connectivity index (χ2v) is 8.81. The van der Waals surface area contributed by atoms with Crippen LogP contribution in [-0.4, -0.2) is 61.0 Å². The van der Waals surface area contributed by atoms with Crippen LogP contribution in [0.2, 0.25) is 0 Å². The van der Waals surface area contributed by atoms with E-state index in [4.69, 9.17) is 16.2 Å². The fourth-order valence-corrected chi connectivity index (χ4v) is 4.95. The number of likely N-dealkylation sites (tertiary alicyclic amines) is 1. The van der Waals surface area contributed by atoms with Gasteiger partial charge in [0.2, 0.25) is 11.8 Å². The molecule has 27 heavy (non-hydrogen) atoms. The van der Waals surface area contributed by atoms with Gasteiger partial charge in [0.15, 0.2) is 12.3 Å². The molecule has 8 heteroatoms. The number of primary amides is 1. The van der Waals surface area contributed by atoms with E-state index >= 15 is 0 Å². The van der Waals surface area contributed by atoms with Gasteiger partial charge in [-0.25, -0.2) is 5.32 Å². The SMILES string of the molecule is CC1CCC2NC3C(CC(C(N)=O)C(N)[NH+]3CCCOC(C)C)C(=O)N2C1. The zero-order valence-electron chi connectivity index (χ0n) is 16.8. The number of nitrogens with zero attached hydrogens (tertiary/aromatic N) is 1. The lowest BCUT2D eigenvalue weighted by atomic mass is 9.80. The number of fused-ring (bicyclic) bond motifs is 2. The Hall–Kier alpha value is -1.22. The van der Waals surface area contributed by atoms with Crippen LogP contribution in [0.25, 0.3) is 0 Å². The molecule has 0 saturated carbocycles. The largest absolute Gasteiger partial charge is 0.379 e. The van der Waals surface area contributed by atoms with Crippen LogP contribution >= 0.6 is 0 Å². The standard InChI is InChI=1S/C19H35N5O3/c1-11(2)27-8-4-7-23-16(20)13(17(21)25)9-14-18(23)22-15-6-5-12(3)10-24(15)19(14)26/h11-16,18,22H,4-10,20H2,1-3H3,(H2,21,25)/p+1. The average molecular weight is 383 g/mol. The Labute approximate surface area is 161 Å². The Morgan fingerprint density at radius 1 is 1.41 bits per heavy atom. The summed E-state index contributed by atoms with van der Waals surface area (Å²) in [6.45, 7) is 8.39. The molecule has 7 unspecified atom stereocenters. The zero-order chi connectivity index (χ0) is 19.7. The van der Waals surface area contributed by atoms with Gasteiger partial charge in [-0.1, -0.05) is 6.92 Å². The van der Waals surface area contributed by atoms with E-state index in [1.807, 2.05) is 18.7 Å². The van der Waals surface area contributed by atoms with Gasteiger partial charge < -0.3 is 20.3 Å². The molecule has 3 aliphatic heterocycles. The van der Waals surface area contributed by atoms with Crippen LogP contribution in [0.15, 0.2) is 0 Å². The maximum Gasteiger partial charge on any atom is 0.234 e. The molecular weight excluding hydrogens is 346 g/mol. The van der Waals surface area contributed by atoms with Gasteiger partial charge in [0, 0.05) is 13.0 Å². The predicted octanol–water partition coefficient (Wildman–Crippen LogP) is -1.39. The molecule has 3 fully saturated rings. The number of ether oxygens (including phenoxy) is 1. The lowest BCUT2D eigenvalue weighted by Gasteiger charge is -2.53. The van der Waals surface area contributed by atoms with Gasteiger partial charge in [-0.05, 0) is 39.0 Å². The molecule has 7 atom stereocenters. The fraction of sp³-hybridized carbons (Fsp3) is 0.895. The summed E-state index contributed by atoms with van der Waals surface area (Å²) in [6.07, 6.45) is 3.17. The minimum absolute atomic E-state index is 0.0585. The summed E-state index contributed by atoms with van der Waals surface area (Å²) in [5.74, 6) is -0.456. The first-order valence-electron chi connectivity index (χ1n) is 10.4. The van der Waals surface area contributed by atoms with E-state index in [2.05, 4.69) is 12.2 Å². The molecule has 0 aliphatic carbocycles. The molecule has 0 aromatic heterocycles. The first-order chi connectivity index (χ1) is 12.8. The van der Waals surface area contributed by atoms with E-state index in [0.717, 1.165) is 37.3 Å². The van der Waals surface area contributed by atoms with Crippen LogP contribution in [0.5, 0.6) is 0 Å². The molecule has 0 spiro atoms. The molecular formula is C19H36N5O3+. The maximum atomic E-state index is 13.2. The second kappa shape index (κ2) is 8.43. The number of hydrogen-bond donors (Lipinski definition) is 4. The van der Waals surface area contributed by atoms with Crippen LogP contribution in [0.3, 0.4) is 0 Å². The lowest BCUT2D eigenvalue weighted by molar-refractivity contribution is -0.965. The van der Waals surface area contributed by atoms with Crippen molar-refractivity contribution in [2.75, 3.05) is 19.7 Å². The second-order valence-electron chi connectivity index (χ2n) is 8.81. The molecule has 2 amide bonds. The summed E-state index contributed by atoms with van der Waals surface area (Å²) in [4.78, 5) is 28.3. The summed E-state index contributed by atoms with van der Waals surface area (Å²) < 4.78 is 5.66. The van der Waals surface area contributed by atoms with E-state index in [1.54, 1.807) is 0 Å². The van der Waals surface area contributed by atoms with Crippen molar-refractivity contribution in [3.63, 3.8) is 0 Å². The molecule has 0 radical (unpaired) electrons. The van der Waals surface area contributed by atoms with Gasteiger partial charge in [0.1, 0.15) is 11.8 Å². The molecule has 6 N–H and O–H groups in total. The van der Waals surface area contributed by atoms with Gasteiger partial charge in [0.25, 0.3) is 0 Å². The Kier molecular flexibility index (Phi) is 6.40. The highest BCUT2D eigenvalue weighted by atomic mass is 16.5. The summed E-state index contributed by atoms with van der Waals surface area (Å²) in [7, 11) is 0. The van der Waals surface area contributed by atoms with E-state index in [0.29, 0.717) is 18.9 Å². The van der Waals surface area contributed by atoms with E-state index in [1.165, 1.54) is 0 Å². The zero-order valence-corrected chi connectivity index (χ0v) is 16.8. The van der Waals surface area contributed by atoms with Crippen LogP contribution in [0.1, 0.15) is 46.5 Å². The quantitative estimate of drug-likeness (QED) is 0.422. The number of carbonyl (C=O) groups is 2. The molecule has 8 nitrogen and oxygen atoms in total. The van der Waals surface area contributed by atoms with Crippen LogP contribution in [0, 0.1) is 17.8 Å². The van der Waals surface area contributed by atoms with Crippen LogP contribution in [0.4, 0.5) is 0 Å². The van der Waals surface area contributed by atoms with Crippen molar-refractivity contribution in [3.8, 4) is 0 Å². The van der Waals surface area contributed by atoms with Crippen molar-refractivity contribution in [2.24, 2.45) is 29.2 Å². The van der Waals surface area contributed by atoms with Crippen LogP contribution in [-0.2, 0) is 14.3 Å². The summed E-state index contributed by atoms with van der Waals surface area (Å²) >= 11 is 0. The Balaban J connectivity index is 1.76. The number of carbonyl (C=O) groups excluding carboxylic acids is 2. The monoisotopic (exact) mass is 382 g/mol. The van der Waals surface area contributed by atoms with Gasteiger partial charge in [-0.15, -0.1) is 0 Å². The van der Waals surface area contributed by atoms with Crippen LogP contribution < -0.4 is 21.7 Å². The number of quaternary nitrogens is 1. The normalized spacial score (nSPS) is 39.2. The topological polar surface area (TPSA) is 115 Å². The summed E-state index contributed by atoms with van der Waals surface area (Å²) in [5.41, 5.74) is 12.1. The van der Waals surface area contributed by atoms with Crippen molar-refractivity contribution in [1.29, 1.82) is 0 Å². The van der Waals surface area contributed by atoms with E-state index in [-0.39, 0.29) is 30.3 Å². The molecule has 0 aromatic carbocycles. The fourth-order valence-electron chi connectivity index (χ4n) is 4.95. The molecule has 0 bridgehead atoms. The number of nitrogens with one attached hydrogen (secondary N) is 2. The molecule has 0 aromatic rings. The number of piperidine rings is 2. The number of nitrogens with two attached hydrogens (primary N) is 2. The third-order valence-electron chi connectivity index (χ3n) is 6.39. The molecule has 3 aliphatic rings. The first kappa shape index (κ1) is 20.5. The smallest absolute Gasteiger partial charge is 0.234 e. The summed E-state index contributed by atoms with van der Waals surface area (Å²) in [5, 5.41) is 3.69. The molecule has 3 rings (SSSR count). The number of rotatable bonds is 6. The minimum atomic E-state index is -0.475. The Morgan fingerprint density at radius 3 is 2.81 bits per heavy atom. The van der Waals surface area contributed by atoms with E-state index in [9.17, 15) is 9.59 Å². The first-order valence-corrected chi connectivity index (χ1v) is 10.4. The highest BCUT2D eigenvalue weighted by molar-refractivity contribution is 5.83. The van der Waals surface area contributed by atoms with Gasteiger partial charge in [-0.3, -0.25) is 15.3 Å². The highest BCUT2D eigenvalue weighted by Gasteiger charge is 2.55. The minimum Gasteiger partial charge on any atom is -0.379 e. The van der Waals surface area contributed by atoms with E-state index < -0.39 is 18.0 Å². The molecule has 3 saturated heterocycles. The van der Waals surface area contributed by atoms with Gasteiger partial charge in [0.05, 0.1) is 25.4 Å². The van der Waals surface area contributed by atoms with Gasteiger partial charge in [-0.2, -0.15) is 0 Å². The Bertz CT molecular complexity index is 557. The third-order valence-corrected chi connectivity index (χ3v) is 6.39. The third kappa shape index (κ3) is 4.29. The molecule has 3 heterocycles. The number of hydrogen-bond acceptors (Lipinski definition) is 5. The van der Waals surface area contributed by atoms with Gasteiger partial charge >= 0.3 is 0 Å². The van der Waals surface area contributed by atoms with Crippen molar-refractivity contribution in [1.82, 2.24) is 10.2 Å². The maximum absolute atomic E-state index is 13.2. The Morgan fingerprint density at radius 2 is 2.15 bits per heavy atom. The predicted molar refractivity (Wildman–Crippen MR) is 101 cm³/mol. The summed E-state index contributed by atoms with van der Waals surface area (Å²) in [6, 6.07) is 0. The van der Waals surface area contributed by atoms with Crippen molar-refractivity contribution in [3.05, 3.63) is 0 Å². The van der Waals surface area contributed by atoms with Crippen molar-refractivity contribution >= 4 is 11.8 Å². The number of amides is 2. The lowest BCUT2D eigenvalue weighted by Crippen LogP contribution is -3.26. The van der Waals surface area contributed by atoms with Crippen molar-refractivity contribution in [2.45, 2.75) is 71.1 Å².